The molecule has 0 saturated heterocycles. The standard InChI is InChI=1S/C14H25P/c1-11(2)15(12(3)4)14(6)10-8-7-9-13(14)5/h7-13H,1-6H3. The van der Waals surface area contributed by atoms with Gasteiger partial charge in [-0.3, -0.25) is 0 Å². The van der Waals surface area contributed by atoms with Crippen LogP contribution in [0.3, 0.4) is 0 Å². The molecule has 15 heavy (non-hydrogen) atoms. The van der Waals surface area contributed by atoms with E-state index in [1.54, 1.807) is 0 Å². The molecule has 0 nitrogen and oxygen atoms in total. The molecule has 2 unspecified atom stereocenters. The van der Waals surface area contributed by atoms with E-state index in [4.69, 9.17) is 0 Å². The average molecular weight is 224 g/mol. The van der Waals surface area contributed by atoms with Crippen molar-refractivity contribution in [1.29, 1.82) is 0 Å². The number of hydrogen-bond acceptors (Lipinski definition) is 0. The summed E-state index contributed by atoms with van der Waals surface area (Å²) in [6, 6.07) is 0. The Labute approximate surface area is 96.6 Å². The van der Waals surface area contributed by atoms with Gasteiger partial charge in [-0.15, -0.1) is 0 Å². The fraction of sp³-hybridized carbons (Fsp3) is 0.714. The van der Waals surface area contributed by atoms with Crippen molar-refractivity contribution >= 4 is 7.92 Å². The van der Waals surface area contributed by atoms with Gasteiger partial charge in [0, 0.05) is 5.16 Å². The molecule has 0 aliphatic heterocycles. The molecule has 0 saturated carbocycles. The second kappa shape index (κ2) is 4.83. The largest absolute Gasteiger partial charge is 0.0908 e. The third kappa shape index (κ3) is 2.53. The van der Waals surface area contributed by atoms with Gasteiger partial charge < -0.3 is 0 Å². The predicted octanol–water partition coefficient (Wildman–Crippen LogP) is 4.81. The van der Waals surface area contributed by atoms with Crippen molar-refractivity contribution in [1.82, 2.24) is 0 Å². The summed E-state index contributed by atoms with van der Waals surface area (Å²) in [6.07, 6.45) is 9.24. The van der Waals surface area contributed by atoms with E-state index in [9.17, 15) is 0 Å². The zero-order chi connectivity index (χ0) is 11.6. The molecular formula is C14H25P. The molecule has 1 aliphatic rings. The van der Waals surface area contributed by atoms with Crippen LogP contribution in [-0.4, -0.2) is 16.5 Å². The van der Waals surface area contributed by atoms with Crippen LogP contribution in [0.5, 0.6) is 0 Å². The van der Waals surface area contributed by atoms with Crippen LogP contribution in [0.15, 0.2) is 24.3 Å². The Bertz CT molecular complexity index is 255. The molecule has 0 N–H and O–H groups in total. The Hall–Kier alpha value is -0.0900. The quantitative estimate of drug-likeness (QED) is 0.604. The summed E-state index contributed by atoms with van der Waals surface area (Å²) in [5.41, 5.74) is 1.62. The Morgan fingerprint density at radius 1 is 1.07 bits per heavy atom. The molecule has 0 bridgehead atoms. The minimum Gasteiger partial charge on any atom is -0.0908 e. The van der Waals surface area contributed by atoms with Crippen LogP contribution in [0, 0.1) is 5.92 Å². The monoisotopic (exact) mass is 224 g/mol. The van der Waals surface area contributed by atoms with Crippen LogP contribution < -0.4 is 0 Å². The van der Waals surface area contributed by atoms with Gasteiger partial charge in [0.2, 0.25) is 0 Å². The summed E-state index contributed by atoms with van der Waals surface area (Å²) in [5.74, 6) is 0.679. The SMILES string of the molecule is CC(C)P(C(C)C)C1(C)C=CC=CC1C. The van der Waals surface area contributed by atoms with Gasteiger partial charge in [-0.05, 0) is 17.2 Å². The maximum Gasteiger partial charge on any atom is 0.0123 e. The zero-order valence-corrected chi connectivity index (χ0v) is 11.9. The van der Waals surface area contributed by atoms with Crippen LogP contribution in [0.25, 0.3) is 0 Å². The average Bonchev–Trinajstić information content (AvgIpc) is 2.08. The molecule has 0 radical (unpaired) electrons. The van der Waals surface area contributed by atoms with Gasteiger partial charge >= 0.3 is 0 Å². The van der Waals surface area contributed by atoms with E-state index in [0.29, 0.717) is 11.1 Å². The summed E-state index contributed by atoms with van der Waals surface area (Å²) < 4.78 is 0. The lowest BCUT2D eigenvalue weighted by molar-refractivity contribution is 0.579. The molecule has 0 aromatic rings. The summed E-state index contributed by atoms with van der Waals surface area (Å²) in [5, 5.41) is 0.395. The van der Waals surface area contributed by atoms with Crippen molar-refractivity contribution < 1.29 is 0 Å². The number of hydrogen-bond donors (Lipinski definition) is 0. The van der Waals surface area contributed by atoms with Gasteiger partial charge in [-0.25, -0.2) is 0 Å². The molecule has 0 aromatic heterocycles. The van der Waals surface area contributed by atoms with Crippen molar-refractivity contribution in [3.8, 4) is 0 Å². The first-order chi connectivity index (χ1) is 6.89. The van der Waals surface area contributed by atoms with Gasteiger partial charge in [-0.1, -0.05) is 73.8 Å². The Morgan fingerprint density at radius 2 is 1.60 bits per heavy atom. The van der Waals surface area contributed by atoms with E-state index in [1.165, 1.54) is 0 Å². The van der Waals surface area contributed by atoms with Crippen LogP contribution in [0.4, 0.5) is 0 Å². The molecule has 1 aliphatic carbocycles. The minimum atomic E-state index is 0.0437. The second-order valence-electron chi connectivity index (χ2n) is 5.35. The summed E-state index contributed by atoms with van der Waals surface area (Å²) in [7, 11) is 0.0437. The van der Waals surface area contributed by atoms with Gasteiger partial charge in [0.25, 0.3) is 0 Å². The maximum atomic E-state index is 2.45. The second-order valence-corrected chi connectivity index (χ2v) is 9.20. The molecule has 86 valence electrons. The molecule has 0 spiro atoms. The molecule has 0 amide bonds. The fourth-order valence-electron chi connectivity index (χ4n) is 2.86. The van der Waals surface area contributed by atoms with E-state index >= 15 is 0 Å². The Kier molecular flexibility index (Phi) is 4.18. The third-order valence-electron chi connectivity index (χ3n) is 3.54. The first kappa shape index (κ1) is 13.0. The van der Waals surface area contributed by atoms with Gasteiger partial charge in [0.05, 0.1) is 0 Å². The molecular weight excluding hydrogens is 199 g/mol. The molecule has 0 fully saturated rings. The smallest absolute Gasteiger partial charge is 0.0123 e. The van der Waals surface area contributed by atoms with Crippen molar-refractivity contribution in [2.75, 3.05) is 0 Å². The van der Waals surface area contributed by atoms with Crippen molar-refractivity contribution in [3.63, 3.8) is 0 Å². The van der Waals surface area contributed by atoms with Gasteiger partial charge in [0.1, 0.15) is 0 Å². The van der Waals surface area contributed by atoms with E-state index in [-0.39, 0.29) is 7.92 Å². The number of allylic oxidation sites excluding steroid dienone is 4. The van der Waals surface area contributed by atoms with E-state index in [1.807, 2.05) is 0 Å². The summed E-state index contributed by atoms with van der Waals surface area (Å²) in [6.45, 7) is 14.3. The van der Waals surface area contributed by atoms with E-state index < -0.39 is 0 Å². The van der Waals surface area contributed by atoms with Crippen molar-refractivity contribution in [2.24, 2.45) is 5.92 Å². The lowest BCUT2D eigenvalue weighted by atomic mass is 9.91. The van der Waals surface area contributed by atoms with Crippen LogP contribution in [0.2, 0.25) is 0 Å². The van der Waals surface area contributed by atoms with E-state index in [2.05, 4.69) is 65.8 Å². The highest BCUT2D eigenvalue weighted by atomic mass is 31.1. The molecule has 0 aromatic carbocycles. The molecule has 1 rings (SSSR count). The van der Waals surface area contributed by atoms with Gasteiger partial charge in [-0.2, -0.15) is 0 Å². The normalized spacial score (nSPS) is 30.9. The van der Waals surface area contributed by atoms with Crippen molar-refractivity contribution in [3.05, 3.63) is 24.3 Å². The Balaban J connectivity index is 3.00. The highest BCUT2D eigenvalue weighted by molar-refractivity contribution is 7.61. The lowest BCUT2D eigenvalue weighted by Crippen LogP contribution is -2.34. The molecule has 2 atom stereocenters. The van der Waals surface area contributed by atoms with Crippen molar-refractivity contribution in [2.45, 2.75) is 58.0 Å². The fourth-order valence-corrected chi connectivity index (χ4v) is 7.09. The predicted molar refractivity (Wildman–Crippen MR) is 73.0 cm³/mol. The Morgan fingerprint density at radius 3 is 2.00 bits per heavy atom. The van der Waals surface area contributed by atoms with Crippen LogP contribution in [-0.2, 0) is 0 Å². The highest BCUT2D eigenvalue weighted by Crippen LogP contribution is 2.61. The maximum absolute atomic E-state index is 2.45. The third-order valence-corrected chi connectivity index (χ3v) is 7.43. The highest BCUT2D eigenvalue weighted by Gasteiger charge is 2.39. The first-order valence-corrected chi connectivity index (χ1v) is 7.52. The minimum absolute atomic E-state index is 0.0437. The molecule has 1 heteroatoms. The van der Waals surface area contributed by atoms with Crippen LogP contribution >= 0.6 is 7.92 Å². The van der Waals surface area contributed by atoms with Gasteiger partial charge in [0.15, 0.2) is 0 Å². The topological polar surface area (TPSA) is 0 Å². The molecule has 0 heterocycles. The number of rotatable bonds is 3. The van der Waals surface area contributed by atoms with E-state index in [0.717, 1.165) is 11.3 Å². The zero-order valence-electron chi connectivity index (χ0n) is 11.0. The first-order valence-electron chi connectivity index (χ1n) is 6.04. The van der Waals surface area contributed by atoms with Crippen LogP contribution in [0.1, 0.15) is 41.5 Å². The lowest BCUT2D eigenvalue weighted by Gasteiger charge is -2.45. The summed E-state index contributed by atoms with van der Waals surface area (Å²) >= 11 is 0. The summed E-state index contributed by atoms with van der Waals surface area (Å²) in [4.78, 5) is 0.